The zero-order chi connectivity index (χ0) is 13.7. The highest BCUT2D eigenvalue weighted by Crippen LogP contribution is 2.21. The van der Waals surface area contributed by atoms with Gasteiger partial charge in [-0.3, -0.25) is 4.79 Å². The molecule has 1 saturated heterocycles. The van der Waals surface area contributed by atoms with Crippen LogP contribution in [0.25, 0.3) is 0 Å². The van der Waals surface area contributed by atoms with Gasteiger partial charge in [-0.25, -0.2) is 4.79 Å². The fourth-order valence-electron chi connectivity index (χ4n) is 2.27. The summed E-state index contributed by atoms with van der Waals surface area (Å²) in [5.74, 6) is -0.994. The molecule has 1 rings (SSSR count). The van der Waals surface area contributed by atoms with Crippen LogP contribution in [-0.4, -0.2) is 41.5 Å². The lowest BCUT2D eigenvalue weighted by molar-refractivity contribution is -0.155. The molecule has 2 atom stereocenters. The molecule has 0 bridgehead atoms. The summed E-state index contributed by atoms with van der Waals surface area (Å²) in [7, 11) is 1.34. The fourth-order valence-corrected chi connectivity index (χ4v) is 2.54. The Morgan fingerprint density at radius 3 is 2.67 bits per heavy atom. The third-order valence-electron chi connectivity index (χ3n) is 3.31. The van der Waals surface area contributed by atoms with Crippen molar-refractivity contribution in [3.8, 4) is 0 Å². The molecule has 0 aromatic rings. The van der Waals surface area contributed by atoms with E-state index in [0.29, 0.717) is 19.4 Å². The van der Waals surface area contributed by atoms with Gasteiger partial charge in [0.2, 0.25) is 5.91 Å². The van der Waals surface area contributed by atoms with Gasteiger partial charge in [-0.1, -0.05) is 19.1 Å². The highest BCUT2D eigenvalue weighted by Gasteiger charge is 2.36. The summed E-state index contributed by atoms with van der Waals surface area (Å²) in [4.78, 5) is 25.8. The van der Waals surface area contributed by atoms with Crippen molar-refractivity contribution in [3.05, 3.63) is 0 Å². The Kier molecular flexibility index (Phi) is 5.53. The normalized spacial score (nSPS) is 21.2. The number of thiocarbonyl (C=S) groups is 1. The maximum Gasteiger partial charge on any atom is 0.328 e. The third kappa shape index (κ3) is 3.19. The van der Waals surface area contributed by atoms with E-state index in [1.165, 1.54) is 7.11 Å². The summed E-state index contributed by atoms with van der Waals surface area (Å²) < 4.78 is 4.75. The molecule has 5 nitrogen and oxygen atoms in total. The van der Waals surface area contributed by atoms with E-state index in [2.05, 4.69) is 0 Å². The number of hydrogen-bond acceptors (Lipinski definition) is 4. The number of amides is 1. The SMILES string of the molecule is CCC(C(=O)N1CCCCC1C(=O)OC)C(N)=S. The number of ether oxygens (including phenoxy) is 1. The van der Waals surface area contributed by atoms with Crippen molar-refractivity contribution < 1.29 is 14.3 Å². The van der Waals surface area contributed by atoms with E-state index in [1.807, 2.05) is 6.92 Å². The lowest BCUT2D eigenvalue weighted by Crippen LogP contribution is -2.52. The van der Waals surface area contributed by atoms with Crippen molar-refractivity contribution in [2.75, 3.05) is 13.7 Å². The van der Waals surface area contributed by atoms with E-state index < -0.39 is 12.0 Å². The van der Waals surface area contributed by atoms with E-state index in [-0.39, 0.29) is 16.9 Å². The van der Waals surface area contributed by atoms with Gasteiger partial charge in [0.05, 0.1) is 18.0 Å². The fraction of sp³-hybridized carbons (Fsp3) is 0.750. The predicted molar refractivity (Wildman–Crippen MR) is 71.9 cm³/mol. The summed E-state index contributed by atoms with van der Waals surface area (Å²) in [5.41, 5.74) is 5.58. The first kappa shape index (κ1) is 14.9. The van der Waals surface area contributed by atoms with Crippen molar-refractivity contribution in [1.29, 1.82) is 0 Å². The number of methoxy groups -OCH3 is 1. The van der Waals surface area contributed by atoms with E-state index in [4.69, 9.17) is 22.7 Å². The molecule has 1 heterocycles. The molecular weight excluding hydrogens is 252 g/mol. The lowest BCUT2D eigenvalue weighted by Gasteiger charge is -2.35. The zero-order valence-electron chi connectivity index (χ0n) is 10.8. The first-order valence-corrected chi connectivity index (χ1v) is 6.61. The highest BCUT2D eigenvalue weighted by atomic mass is 32.1. The number of rotatable bonds is 4. The summed E-state index contributed by atoms with van der Waals surface area (Å²) >= 11 is 4.91. The Bertz CT molecular complexity index is 346. The number of likely N-dealkylation sites (tertiary alicyclic amines) is 1. The quantitative estimate of drug-likeness (QED) is 0.607. The number of carbonyl (C=O) groups excluding carboxylic acids is 2. The number of hydrogen-bond donors (Lipinski definition) is 1. The Balaban J connectivity index is 2.86. The molecule has 18 heavy (non-hydrogen) atoms. The van der Waals surface area contributed by atoms with Gasteiger partial charge < -0.3 is 15.4 Å². The number of nitrogens with two attached hydrogens (primary N) is 1. The molecule has 0 aliphatic carbocycles. The second kappa shape index (κ2) is 6.68. The molecule has 2 unspecified atom stereocenters. The molecule has 1 aliphatic heterocycles. The summed E-state index contributed by atoms with van der Waals surface area (Å²) in [5, 5.41) is 0. The monoisotopic (exact) mass is 272 g/mol. The molecule has 0 saturated carbocycles. The number of nitrogens with zero attached hydrogens (tertiary/aromatic N) is 1. The van der Waals surface area contributed by atoms with Crippen LogP contribution in [0.1, 0.15) is 32.6 Å². The van der Waals surface area contributed by atoms with Crippen molar-refractivity contribution in [1.82, 2.24) is 4.90 Å². The van der Waals surface area contributed by atoms with Gasteiger partial charge >= 0.3 is 5.97 Å². The maximum absolute atomic E-state index is 12.4. The Labute approximate surface area is 113 Å². The van der Waals surface area contributed by atoms with Gasteiger partial charge in [-0.05, 0) is 25.7 Å². The van der Waals surface area contributed by atoms with Crippen LogP contribution in [0, 0.1) is 5.92 Å². The molecule has 2 N–H and O–H groups in total. The largest absolute Gasteiger partial charge is 0.467 e. The van der Waals surface area contributed by atoms with Crippen LogP contribution in [0.4, 0.5) is 0 Å². The molecule has 0 aromatic heterocycles. The van der Waals surface area contributed by atoms with E-state index in [0.717, 1.165) is 12.8 Å². The highest BCUT2D eigenvalue weighted by molar-refractivity contribution is 7.80. The Morgan fingerprint density at radius 2 is 2.17 bits per heavy atom. The molecule has 0 spiro atoms. The third-order valence-corrected chi connectivity index (χ3v) is 3.59. The van der Waals surface area contributed by atoms with Gasteiger partial charge in [0.15, 0.2) is 0 Å². The van der Waals surface area contributed by atoms with Gasteiger partial charge in [-0.15, -0.1) is 0 Å². The minimum Gasteiger partial charge on any atom is -0.467 e. The van der Waals surface area contributed by atoms with E-state index >= 15 is 0 Å². The van der Waals surface area contributed by atoms with Crippen LogP contribution in [0.5, 0.6) is 0 Å². The Morgan fingerprint density at radius 1 is 1.50 bits per heavy atom. The minimum absolute atomic E-state index is 0.153. The molecule has 6 heteroatoms. The van der Waals surface area contributed by atoms with Gasteiger partial charge in [0.1, 0.15) is 6.04 Å². The molecule has 1 aliphatic rings. The first-order chi connectivity index (χ1) is 8.52. The molecule has 1 fully saturated rings. The lowest BCUT2D eigenvalue weighted by atomic mass is 9.97. The van der Waals surface area contributed by atoms with Crippen molar-refractivity contribution in [2.24, 2.45) is 11.7 Å². The van der Waals surface area contributed by atoms with Crippen LogP contribution < -0.4 is 5.73 Å². The number of piperidine rings is 1. The molecule has 102 valence electrons. The van der Waals surface area contributed by atoms with Crippen LogP contribution >= 0.6 is 12.2 Å². The predicted octanol–water partition coefficient (Wildman–Crippen LogP) is 0.853. The molecular formula is C12H20N2O3S. The van der Waals surface area contributed by atoms with Crippen molar-refractivity contribution in [2.45, 2.75) is 38.6 Å². The number of carbonyl (C=O) groups is 2. The smallest absolute Gasteiger partial charge is 0.328 e. The molecule has 0 radical (unpaired) electrons. The second-order valence-corrected chi connectivity index (χ2v) is 4.90. The van der Waals surface area contributed by atoms with Crippen molar-refractivity contribution >= 4 is 29.1 Å². The standard InChI is InChI=1S/C12H20N2O3S/c1-3-8(10(13)18)11(15)14-7-5-4-6-9(14)12(16)17-2/h8-9H,3-7H2,1-2H3,(H2,13,18). The average molecular weight is 272 g/mol. The Hall–Kier alpha value is -1.17. The van der Waals surface area contributed by atoms with Gasteiger partial charge in [0.25, 0.3) is 0 Å². The van der Waals surface area contributed by atoms with Crippen LogP contribution in [0.15, 0.2) is 0 Å². The minimum atomic E-state index is -0.486. The van der Waals surface area contributed by atoms with Crippen molar-refractivity contribution in [3.63, 3.8) is 0 Å². The zero-order valence-corrected chi connectivity index (χ0v) is 11.7. The van der Waals surface area contributed by atoms with Gasteiger partial charge in [-0.2, -0.15) is 0 Å². The summed E-state index contributed by atoms with van der Waals surface area (Å²) in [6, 6.07) is -0.486. The first-order valence-electron chi connectivity index (χ1n) is 6.20. The second-order valence-electron chi connectivity index (χ2n) is 4.43. The molecule has 0 aromatic carbocycles. The van der Waals surface area contributed by atoms with Crippen LogP contribution in [-0.2, 0) is 14.3 Å². The van der Waals surface area contributed by atoms with Gasteiger partial charge in [0, 0.05) is 6.54 Å². The summed E-state index contributed by atoms with van der Waals surface area (Å²) in [6.45, 7) is 2.43. The van der Waals surface area contributed by atoms with E-state index in [9.17, 15) is 9.59 Å². The number of esters is 1. The van der Waals surface area contributed by atoms with E-state index in [1.54, 1.807) is 4.90 Å². The molecule has 1 amide bonds. The topological polar surface area (TPSA) is 72.6 Å². The van der Waals surface area contributed by atoms with Crippen LogP contribution in [0.3, 0.4) is 0 Å². The van der Waals surface area contributed by atoms with Crippen LogP contribution in [0.2, 0.25) is 0 Å². The maximum atomic E-state index is 12.4. The summed E-state index contributed by atoms with van der Waals surface area (Å²) in [6.07, 6.45) is 3.02. The average Bonchev–Trinajstić information content (AvgIpc) is 2.38.